The average molecular weight is 368 g/mol. The number of aromatic nitrogens is 1. The second-order valence-electron chi connectivity index (χ2n) is 7.27. The molecule has 1 aliphatic heterocycles. The Labute approximate surface area is 156 Å². The van der Waals surface area contributed by atoms with Gasteiger partial charge in [0.25, 0.3) is 0 Å². The van der Waals surface area contributed by atoms with Crippen molar-refractivity contribution in [2.45, 2.75) is 46.3 Å². The highest BCUT2D eigenvalue weighted by Crippen LogP contribution is 2.17. The first-order chi connectivity index (χ1) is 12.0. The van der Waals surface area contributed by atoms with Crippen LogP contribution in [-0.4, -0.2) is 61.8 Å². The Kier molecular flexibility index (Phi) is 8.12. The summed E-state index contributed by atoms with van der Waals surface area (Å²) in [4.78, 5) is 11.4. The number of nitrogens with zero attached hydrogens (tertiary/aromatic N) is 3. The normalized spacial score (nSPS) is 19.6. The van der Waals surface area contributed by atoms with Gasteiger partial charge in [-0.3, -0.25) is 9.89 Å². The number of rotatable bonds is 7. The van der Waals surface area contributed by atoms with Crippen molar-refractivity contribution < 1.29 is 4.74 Å². The van der Waals surface area contributed by atoms with Gasteiger partial charge in [-0.1, -0.05) is 27.7 Å². The molecule has 7 heteroatoms. The van der Waals surface area contributed by atoms with Crippen LogP contribution in [0.2, 0.25) is 0 Å². The van der Waals surface area contributed by atoms with Crippen molar-refractivity contribution in [3.8, 4) is 0 Å². The van der Waals surface area contributed by atoms with Crippen LogP contribution in [-0.2, 0) is 11.3 Å². The molecule has 1 atom stereocenters. The van der Waals surface area contributed by atoms with E-state index in [1.54, 1.807) is 18.4 Å². The number of thiazole rings is 1. The minimum atomic E-state index is 0.207. The van der Waals surface area contributed by atoms with Gasteiger partial charge in [0.05, 0.1) is 24.9 Å². The fourth-order valence-corrected chi connectivity index (χ4v) is 3.74. The molecule has 2 heterocycles. The van der Waals surface area contributed by atoms with Gasteiger partial charge in [-0.05, 0) is 11.8 Å². The Morgan fingerprint density at radius 1 is 1.40 bits per heavy atom. The number of guanidine groups is 1. The summed E-state index contributed by atoms with van der Waals surface area (Å²) in [7, 11) is 1.80. The van der Waals surface area contributed by atoms with Crippen LogP contribution >= 0.6 is 11.3 Å². The van der Waals surface area contributed by atoms with Gasteiger partial charge in [0.15, 0.2) is 5.96 Å². The highest BCUT2D eigenvalue weighted by Gasteiger charge is 2.21. The first kappa shape index (κ1) is 20.1. The van der Waals surface area contributed by atoms with Crippen LogP contribution in [0.5, 0.6) is 0 Å². The van der Waals surface area contributed by atoms with Crippen LogP contribution < -0.4 is 10.6 Å². The zero-order valence-corrected chi connectivity index (χ0v) is 17.0. The maximum atomic E-state index is 5.88. The van der Waals surface area contributed by atoms with E-state index in [2.05, 4.69) is 58.6 Å². The van der Waals surface area contributed by atoms with Crippen LogP contribution in [0.15, 0.2) is 10.4 Å². The number of aliphatic imine (C=N–C) groups is 1. The van der Waals surface area contributed by atoms with Crippen molar-refractivity contribution in [1.82, 2.24) is 20.5 Å². The summed E-state index contributed by atoms with van der Waals surface area (Å²) in [6.45, 7) is 14.3. The van der Waals surface area contributed by atoms with E-state index in [-0.39, 0.29) is 6.10 Å². The summed E-state index contributed by atoms with van der Waals surface area (Å²) < 4.78 is 5.88. The highest BCUT2D eigenvalue weighted by atomic mass is 32.1. The molecule has 0 aliphatic carbocycles. The number of morpholine rings is 1. The quantitative estimate of drug-likeness (QED) is 0.572. The van der Waals surface area contributed by atoms with E-state index in [1.165, 1.54) is 0 Å². The van der Waals surface area contributed by atoms with Crippen LogP contribution in [0, 0.1) is 5.92 Å². The lowest BCUT2D eigenvalue weighted by Gasteiger charge is -2.34. The third kappa shape index (κ3) is 6.92. The standard InChI is InChI=1S/C18H33N5OS/c1-13(2)10-23-6-7-24-15(11-23)8-20-18(19-5)21-9-17-22-16(12-25-17)14(3)4/h12-15H,6-11H2,1-5H3,(H2,19,20,21). The number of hydrogen-bond donors (Lipinski definition) is 2. The maximum absolute atomic E-state index is 5.88. The van der Waals surface area contributed by atoms with Crippen LogP contribution in [0.3, 0.4) is 0 Å². The molecule has 142 valence electrons. The lowest BCUT2D eigenvalue weighted by molar-refractivity contribution is -0.0284. The van der Waals surface area contributed by atoms with Gasteiger partial charge < -0.3 is 15.4 Å². The van der Waals surface area contributed by atoms with E-state index >= 15 is 0 Å². The molecule has 1 fully saturated rings. The first-order valence-electron chi connectivity index (χ1n) is 9.20. The second-order valence-corrected chi connectivity index (χ2v) is 8.22. The van der Waals surface area contributed by atoms with Crippen molar-refractivity contribution in [2.75, 3.05) is 39.8 Å². The summed E-state index contributed by atoms with van der Waals surface area (Å²) in [5.74, 6) is 1.96. The fraction of sp³-hybridized carbons (Fsp3) is 0.778. The average Bonchev–Trinajstić information content (AvgIpc) is 3.04. The fourth-order valence-electron chi connectivity index (χ4n) is 2.85. The van der Waals surface area contributed by atoms with Gasteiger partial charge in [-0.25, -0.2) is 4.98 Å². The zero-order chi connectivity index (χ0) is 18.2. The van der Waals surface area contributed by atoms with Crippen molar-refractivity contribution in [3.63, 3.8) is 0 Å². The van der Waals surface area contributed by atoms with Gasteiger partial charge in [0.1, 0.15) is 5.01 Å². The van der Waals surface area contributed by atoms with Gasteiger partial charge >= 0.3 is 0 Å². The number of ether oxygens (including phenoxy) is 1. The maximum Gasteiger partial charge on any atom is 0.191 e. The molecule has 1 aliphatic rings. The molecule has 6 nitrogen and oxygen atoms in total. The van der Waals surface area contributed by atoms with Gasteiger partial charge in [-0.15, -0.1) is 11.3 Å². The third-order valence-corrected chi connectivity index (χ3v) is 5.00. The molecule has 0 spiro atoms. The molecule has 2 N–H and O–H groups in total. The monoisotopic (exact) mass is 367 g/mol. The zero-order valence-electron chi connectivity index (χ0n) is 16.2. The molecule has 2 rings (SSSR count). The predicted octanol–water partition coefficient (Wildman–Crippen LogP) is 2.29. The molecule has 1 saturated heterocycles. The van der Waals surface area contributed by atoms with Crippen LogP contribution in [0.1, 0.15) is 44.3 Å². The summed E-state index contributed by atoms with van der Waals surface area (Å²) in [5.41, 5.74) is 1.16. The van der Waals surface area contributed by atoms with Crippen molar-refractivity contribution >= 4 is 17.3 Å². The number of nitrogens with one attached hydrogen (secondary N) is 2. The molecular weight excluding hydrogens is 334 g/mol. The van der Waals surface area contributed by atoms with E-state index in [0.29, 0.717) is 18.4 Å². The van der Waals surface area contributed by atoms with E-state index in [0.717, 1.165) is 49.4 Å². The Balaban J connectivity index is 1.74. The van der Waals surface area contributed by atoms with E-state index < -0.39 is 0 Å². The van der Waals surface area contributed by atoms with Crippen molar-refractivity contribution in [2.24, 2.45) is 10.9 Å². The molecule has 1 aromatic rings. The molecule has 1 aromatic heterocycles. The van der Waals surface area contributed by atoms with Crippen LogP contribution in [0.25, 0.3) is 0 Å². The van der Waals surface area contributed by atoms with Gasteiger partial charge in [0.2, 0.25) is 0 Å². The summed E-state index contributed by atoms with van der Waals surface area (Å²) in [6, 6.07) is 0. The first-order valence-corrected chi connectivity index (χ1v) is 10.1. The molecule has 0 radical (unpaired) electrons. The Bertz CT molecular complexity index is 543. The minimum absolute atomic E-state index is 0.207. The number of hydrogen-bond acceptors (Lipinski definition) is 5. The Morgan fingerprint density at radius 3 is 2.84 bits per heavy atom. The van der Waals surface area contributed by atoms with E-state index in [1.807, 2.05) is 0 Å². The lowest BCUT2D eigenvalue weighted by Crippen LogP contribution is -2.50. The van der Waals surface area contributed by atoms with Gasteiger partial charge in [-0.2, -0.15) is 0 Å². The molecule has 0 bridgehead atoms. The van der Waals surface area contributed by atoms with Crippen LogP contribution in [0.4, 0.5) is 0 Å². The molecular formula is C18H33N5OS. The molecule has 1 unspecified atom stereocenters. The Hall–Kier alpha value is -1.18. The molecule has 0 saturated carbocycles. The summed E-state index contributed by atoms with van der Waals surface area (Å²) in [5, 5.41) is 9.94. The van der Waals surface area contributed by atoms with Crippen molar-refractivity contribution in [1.29, 1.82) is 0 Å². The Morgan fingerprint density at radius 2 is 2.20 bits per heavy atom. The van der Waals surface area contributed by atoms with Gasteiger partial charge in [0, 0.05) is 38.6 Å². The highest BCUT2D eigenvalue weighted by molar-refractivity contribution is 7.09. The molecule has 25 heavy (non-hydrogen) atoms. The predicted molar refractivity (Wildman–Crippen MR) is 105 cm³/mol. The topological polar surface area (TPSA) is 61.8 Å². The SMILES string of the molecule is CN=C(NCc1nc(C(C)C)cs1)NCC1CN(CC(C)C)CCO1. The summed E-state index contributed by atoms with van der Waals surface area (Å²) >= 11 is 1.69. The van der Waals surface area contributed by atoms with E-state index in [4.69, 9.17) is 4.74 Å². The largest absolute Gasteiger partial charge is 0.374 e. The molecule has 0 amide bonds. The summed E-state index contributed by atoms with van der Waals surface area (Å²) in [6.07, 6.45) is 0.207. The second kappa shape index (κ2) is 10.1. The van der Waals surface area contributed by atoms with Crippen molar-refractivity contribution in [3.05, 3.63) is 16.1 Å². The smallest absolute Gasteiger partial charge is 0.191 e. The third-order valence-electron chi connectivity index (χ3n) is 4.14. The lowest BCUT2D eigenvalue weighted by atomic mass is 10.2. The van der Waals surface area contributed by atoms with E-state index in [9.17, 15) is 0 Å². The minimum Gasteiger partial charge on any atom is -0.374 e. The molecule has 0 aromatic carbocycles.